The van der Waals surface area contributed by atoms with Gasteiger partial charge in [0.2, 0.25) is 0 Å². The smallest absolute Gasteiger partial charge is 0.312 e. The summed E-state index contributed by atoms with van der Waals surface area (Å²) in [5.74, 6) is -4.29. The van der Waals surface area contributed by atoms with Gasteiger partial charge in [-0.1, -0.05) is 63.2 Å². The Kier molecular flexibility index (Phi) is 15.1. The number of likely N-dealkylation sites (N-methyl/N-ethyl adjacent to an activating group) is 1. The minimum absolute atomic E-state index is 0.0169. The van der Waals surface area contributed by atoms with Crippen molar-refractivity contribution < 1.29 is 53.8 Å². The van der Waals surface area contributed by atoms with E-state index >= 15 is 0 Å². The number of ether oxygens (including phenoxy) is 4. The van der Waals surface area contributed by atoms with Crippen molar-refractivity contribution >= 4 is 17.7 Å². The molecule has 4 N–H and O–H groups in total. The molecule has 3 aliphatic rings. The molecule has 13 nitrogen and oxygen atoms in total. The number of hydrogen-bond donors (Lipinski definition) is 4. The van der Waals surface area contributed by atoms with E-state index in [1.807, 2.05) is 51.0 Å². The van der Waals surface area contributed by atoms with Gasteiger partial charge in [0.05, 0.1) is 42.0 Å². The highest BCUT2D eigenvalue weighted by Crippen LogP contribution is 2.39. The normalized spacial score (nSPS) is 40.9. The maximum Gasteiger partial charge on any atom is 0.312 e. The van der Waals surface area contributed by atoms with Crippen molar-refractivity contribution in [1.29, 1.82) is 0 Å². The molecule has 3 fully saturated rings. The highest BCUT2D eigenvalue weighted by molar-refractivity contribution is 5.88. The van der Waals surface area contributed by atoms with Crippen molar-refractivity contribution in [3.05, 3.63) is 35.9 Å². The van der Waals surface area contributed by atoms with Gasteiger partial charge in [0, 0.05) is 23.8 Å². The van der Waals surface area contributed by atoms with Crippen LogP contribution in [-0.4, -0.2) is 124 Å². The Labute approximate surface area is 321 Å². The second kappa shape index (κ2) is 18.5. The van der Waals surface area contributed by atoms with Crippen LogP contribution in [0, 0.1) is 29.6 Å². The molecule has 2 aliphatic heterocycles. The fourth-order valence-electron chi connectivity index (χ4n) is 8.25. The minimum atomic E-state index is -1.92. The molecular weight excluding hydrogens is 696 g/mol. The molecule has 4 rings (SSSR count). The molecule has 2 heterocycles. The third-order valence-electron chi connectivity index (χ3n) is 11.7. The summed E-state index contributed by atoms with van der Waals surface area (Å²) >= 11 is 0. The standard InChI is InChI=1S/C41H66N2O11/c1-11-31-41(8,49)36(46)25(4)33(42-50-22-29-17-18-29)23(2)21-40(7,48)37(54-39-34(45)30(43(9)10)19-24(3)51-39)26(5)35(27(6)38(47)52-31)53-32(44)20-28-15-13-12-14-16-28/h12-16,23-27,29-31,34-37,39,45-46,48-49H,11,17-22H2,1-10H3/b42-33+/t23-,24+,25+,26-,27+,30-,31-,34+,35-,36+,37+,39-,40-,41+/m0/s1. The Morgan fingerprint density at radius 1 is 1.02 bits per heavy atom. The monoisotopic (exact) mass is 762 g/mol. The third-order valence-corrected chi connectivity index (χ3v) is 11.7. The molecule has 13 heteroatoms. The van der Waals surface area contributed by atoms with Gasteiger partial charge in [-0.05, 0) is 85.4 Å². The van der Waals surface area contributed by atoms with E-state index in [1.54, 1.807) is 46.8 Å². The second-order valence-electron chi connectivity index (χ2n) is 16.9. The first kappa shape index (κ1) is 44.1. The summed E-state index contributed by atoms with van der Waals surface area (Å²) in [6.07, 6.45) is -4.79. The summed E-state index contributed by atoms with van der Waals surface area (Å²) in [6.45, 7) is 13.9. The van der Waals surface area contributed by atoms with E-state index in [-0.39, 0.29) is 31.4 Å². The van der Waals surface area contributed by atoms with Gasteiger partial charge in [-0.25, -0.2) is 0 Å². The number of nitrogens with zero attached hydrogens (tertiary/aromatic N) is 2. The van der Waals surface area contributed by atoms with Crippen LogP contribution in [0.5, 0.6) is 0 Å². The molecule has 1 aromatic carbocycles. The van der Waals surface area contributed by atoms with Crippen molar-refractivity contribution in [3.8, 4) is 0 Å². The quantitative estimate of drug-likeness (QED) is 0.200. The molecule has 0 radical (unpaired) electrons. The van der Waals surface area contributed by atoms with Crippen LogP contribution in [-0.2, 0) is 39.8 Å². The molecule has 2 saturated heterocycles. The lowest BCUT2D eigenvalue weighted by molar-refractivity contribution is -0.299. The van der Waals surface area contributed by atoms with Crippen LogP contribution >= 0.6 is 0 Å². The van der Waals surface area contributed by atoms with Crippen LogP contribution in [0.2, 0.25) is 0 Å². The molecule has 0 bridgehead atoms. The number of aliphatic hydroxyl groups is 4. The number of hydrogen-bond acceptors (Lipinski definition) is 13. The molecule has 0 unspecified atom stereocenters. The van der Waals surface area contributed by atoms with Crippen molar-refractivity contribution in [2.75, 3.05) is 20.7 Å². The number of carbonyl (C=O) groups excluding carboxylic acids is 2. The summed E-state index contributed by atoms with van der Waals surface area (Å²) < 4.78 is 25.0. The van der Waals surface area contributed by atoms with Crippen molar-refractivity contribution in [3.63, 3.8) is 0 Å². The van der Waals surface area contributed by atoms with Crippen molar-refractivity contribution in [2.24, 2.45) is 34.7 Å². The molecule has 0 amide bonds. The van der Waals surface area contributed by atoms with Gasteiger partial charge < -0.3 is 49.1 Å². The summed E-state index contributed by atoms with van der Waals surface area (Å²) in [6, 6.07) is 8.75. The molecule has 14 atom stereocenters. The first-order valence-corrected chi connectivity index (χ1v) is 19.7. The lowest BCUT2D eigenvalue weighted by atomic mass is 9.73. The number of rotatable bonds is 10. The van der Waals surface area contributed by atoms with E-state index in [0.717, 1.165) is 12.8 Å². The van der Waals surface area contributed by atoms with Crippen LogP contribution in [0.15, 0.2) is 35.5 Å². The van der Waals surface area contributed by atoms with Gasteiger partial charge in [0.25, 0.3) is 0 Å². The van der Waals surface area contributed by atoms with E-state index in [2.05, 4.69) is 5.16 Å². The predicted octanol–water partition coefficient (Wildman–Crippen LogP) is 3.87. The maximum absolute atomic E-state index is 14.1. The molecule has 0 spiro atoms. The average molecular weight is 763 g/mol. The zero-order valence-electron chi connectivity index (χ0n) is 33.9. The van der Waals surface area contributed by atoms with Crippen molar-refractivity contribution in [2.45, 2.75) is 154 Å². The predicted molar refractivity (Wildman–Crippen MR) is 202 cm³/mol. The van der Waals surface area contributed by atoms with Gasteiger partial charge in [0.1, 0.15) is 30.5 Å². The summed E-state index contributed by atoms with van der Waals surface area (Å²) in [7, 11) is 3.73. The van der Waals surface area contributed by atoms with Gasteiger partial charge in [-0.3, -0.25) is 9.59 Å². The third kappa shape index (κ3) is 10.8. The van der Waals surface area contributed by atoms with E-state index in [0.29, 0.717) is 30.2 Å². The molecule has 1 aromatic rings. The number of benzene rings is 1. The van der Waals surface area contributed by atoms with Gasteiger partial charge in [0.15, 0.2) is 6.29 Å². The fourth-order valence-corrected chi connectivity index (χ4v) is 8.25. The Bertz CT molecular complexity index is 1400. The Hall–Kier alpha value is -2.65. The highest BCUT2D eigenvalue weighted by atomic mass is 16.7. The molecule has 0 aromatic heterocycles. The molecule has 306 valence electrons. The fraction of sp³-hybridized carbons (Fsp3) is 0.780. The summed E-state index contributed by atoms with van der Waals surface area (Å²) in [5.41, 5.74) is -2.53. The lowest BCUT2D eigenvalue weighted by Crippen LogP contribution is -2.60. The van der Waals surface area contributed by atoms with Gasteiger partial charge in [-0.15, -0.1) is 0 Å². The number of oxime groups is 1. The largest absolute Gasteiger partial charge is 0.461 e. The summed E-state index contributed by atoms with van der Waals surface area (Å²) in [4.78, 5) is 35.4. The SMILES string of the molecule is CC[C@@H]1OC(=O)[C@H](C)[C@@H](OC(=O)Cc2ccccc2)[C@H](C)[C@@H](O[C@@H]2O[C@H](C)C[C@H](N(C)C)[C@H]2O)[C@@](C)(O)C[C@H](C)/C(=N\OCC2CC2)[C@@H](C)[C@@H](O)[C@]1(C)O. The van der Waals surface area contributed by atoms with E-state index in [9.17, 15) is 30.0 Å². The molecule has 54 heavy (non-hydrogen) atoms. The zero-order chi connectivity index (χ0) is 40.1. The van der Waals surface area contributed by atoms with E-state index < -0.39 is 83.6 Å². The van der Waals surface area contributed by atoms with Gasteiger partial charge >= 0.3 is 11.9 Å². The van der Waals surface area contributed by atoms with Crippen LogP contribution < -0.4 is 0 Å². The topological polar surface area (TPSA) is 177 Å². The minimum Gasteiger partial charge on any atom is -0.461 e. The average Bonchev–Trinajstić information content (AvgIpc) is 3.94. The van der Waals surface area contributed by atoms with Crippen molar-refractivity contribution in [1.82, 2.24) is 4.90 Å². The first-order valence-electron chi connectivity index (χ1n) is 19.7. The maximum atomic E-state index is 14.1. The first-order chi connectivity index (χ1) is 25.3. The Balaban J connectivity index is 1.82. The number of cyclic esters (lactones) is 1. The summed E-state index contributed by atoms with van der Waals surface area (Å²) in [5, 5.41) is 52.3. The van der Waals surface area contributed by atoms with Crippen LogP contribution in [0.3, 0.4) is 0 Å². The second-order valence-corrected chi connectivity index (χ2v) is 16.9. The zero-order valence-corrected chi connectivity index (χ0v) is 33.9. The van der Waals surface area contributed by atoms with Crippen LogP contribution in [0.4, 0.5) is 0 Å². The number of carbonyl (C=O) groups is 2. The van der Waals surface area contributed by atoms with Crippen LogP contribution in [0.25, 0.3) is 0 Å². The molecular formula is C41H66N2O11. The lowest BCUT2D eigenvalue weighted by Gasteiger charge is -2.47. The van der Waals surface area contributed by atoms with Gasteiger partial charge in [-0.2, -0.15) is 0 Å². The van der Waals surface area contributed by atoms with E-state index in [4.69, 9.17) is 23.8 Å². The Morgan fingerprint density at radius 3 is 2.26 bits per heavy atom. The highest BCUT2D eigenvalue weighted by Gasteiger charge is 2.52. The Morgan fingerprint density at radius 2 is 1.67 bits per heavy atom. The molecule has 1 saturated carbocycles. The molecule has 1 aliphatic carbocycles. The number of aliphatic hydroxyl groups excluding tert-OH is 2. The van der Waals surface area contributed by atoms with E-state index in [1.165, 1.54) is 6.92 Å². The van der Waals surface area contributed by atoms with Crippen LogP contribution in [0.1, 0.15) is 93.1 Å². The number of esters is 2.